The average molecular weight is 212 g/mol. The van der Waals surface area contributed by atoms with Crippen molar-refractivity contribution >= 4 is 5.91 Å². The van der Waals surface area contributed by atoms with E-state index in [0.29, 0.717) is 5.92 Å². The Morgan fingerprint density at radius 1 is 1.40 bits per heavy atom. The zero-order valence-electron chi connectivity index (χ0n) is 9.96. The first kappa shape index (κ1) is 12.5. The molecule has 1 amide bonds. The summed E-state index contributed by atoms with van der Waals surface area (Å²) in [4.78, 5) is 11.3. The van der Waals surface area contributed by atoms with Crippen molar-refractivity contribution in [2.75, 3.05) is 6.54 Å². The third-order valence-electron chi connectivity index (χ3n) is 3.45. The van der Waals surface area contributed by atoms with Crippen LogP contribution in [0, 0.1) is 11.8 Å². The second-order valence-corrected chi connectivity index (χ2v) is 4.85. The van der Waals surface area contributed by atoms with Crippen LogP contribution in [0.1, 0.15) is 46.0 Å². The summed E-state index contributed by atoms with van der Waals surface area (Å²) in [5.74, 6) is 1.11. The van der Waals surface area contributed by atoms with Crippen molar-refractivity contribution in [2.24, 2.45) is 17.6 Å². The zero-order chi connectivity index (χ0) is 11.3. The summed E-state index contributed by atoms with van der Waals surface area (Å²) in [6.07, 6.45) is 5.81. The van der Waals surface area contributed by atoms with Crippen molar-refractivity contribution in [2.45, 2.75) is 52.0 Å². The molecule has 0 bridgehead atoms. The highest BCUT2D eigenvalue weighted by Gasteiger charge is 2.28. The molecule has 0 spiro atoms. The van der Waals surface area contributed by atoms with Crippen LogP contribution >= 0.6 is 0 Å². The minimum atomic E-state index is -0.178. The molecule has 0 radical (unpaired) electrons. The molecule has 1 atom stereocenters. The second kappa shape index (κ2) is 6.11. The van der Waals surface area contributed by atoms with Crippen molar-refractivity contribution in [3.63, 3.8) is 0 Å². The maximum atomic E-state index is 11.3. The Labute approximate surface area is 92.8 Å². The number of primary amides is 1. The van der Waals surface area contributed by atoms with Crippen LogP contribution in [-0.2, 0) is 4.79 Å². The summed E-state index contributed by atoms with van der Waals surface area (Å²) in [6.45, 7) is 5.28. The van der Waals surface area contributed by atoms with Crippen molar-refractivity contribution in [1.82, 2.24) is 5.32 Å². The molecule has 0 aromatic rings. The predicted molar refractivity (Wildman–Crippen MR) is 62.4 cm³/mol. The van der Waals surface area contributed by atoms with Crippen LogP contribution in [0.3, 0.4) is 0 Å². The molecule has 1 saturated carbocycles. The normalized spacial score (nSPS) is 28.7. The number of nitrogens with two attached hydrogens (primary N) is 1. The molecular weight excluding hydrogens is 188 g/mol. The number of rotatable bonds is 5. The van der Waals surface area contributed by atoms with E-state index >= 15 is 0 Å². The summed E-state index contributed by atoms with van der Waals surface area (Å²) in [6, 6.07) is -0.0996. The zero-order valence-corrected chi connectivity index (χ0v) is 9.96. The van der Waals surface area contributed by atoms with E-state index in [1.807, 2.05) is 0 Å². The van der Waals surface area contributed by atoms with Crippen molar-refractivity contribution < 1.29 is 4.79 Å². The standard InChI is InChI=1S/C12H24N2O/c1-3-8-14-11(12(13)15)10-6-4-9(2)5-7-10/h9-11,14H,3-8H2,1-2H3,(H2,13,15). The van der Waals surface area contributed by atoms with Crippen molar-refractivity contribution in [3.05, 3.63) is 0 Å². The number of hydrogen-bond acceptors (Lipinski definition) is 2. The molecular formula is C12H24N2O. The lowest BCUT2D eigenvalue weighted by molar-refractivity contribution is -0.121. The third kappa shape index (κ3) is 3.82. The average Bonchev–Trinajstić information content (AvgIpc) is 2.21. The summed E-state index contributed by atoms with van der Waals surface area (Å²) in [7, 11) is 0. The second-order valence-electron chi connectivity index (χ2n) is 4.85. The fraction of sp³-hybridized carbons (Fsp3) is 0.917. The molecule has 15 heavy (non-hydrogen) atoms. The minimum Gasteiger partial charge on any atom is -0.368 e. The number of hydrogen-bond donors (Lipinski definition) is 2. The van der Waals surface area contributed by atoms with Crippen LogP contribution in [0.15, 0.2) is 0 Å². The smallest absolute Gasteiger partial charge is 0.234 e. The Bertz CT molecular complexity index is 198. The van der Waals surface area contributed by atoms with Crippen LogP contribution in [0.5, 0.6) is 0 Å². The summed E-state index contributed by atoms with van der Waals surface area (Å²) in [5, 5.41) is 3.28. The molecule has 0 saturated heterocycles. The highest BCUT2D eigenvalue weighted by atomic mass is 16.1. The van der Waals surface area contributed by atoms with Crippen LogP contribution in [0.2, 0.25) is 0 Å². The van der Waals surface area contributed by atoms with E-state index in [-0.39, 0.29) is 11.9 Å². The molecule has 3 heteroatoms. The summed E-state index contributed by atoms with van der Waals surface area (Å²) in [5.41, 5.74) is 5.44. The molecule has 0 aromatic heterocycles. The molecule has 3 nitrogen and oxygen atoms in total. The first-order valence-corrected chi connectivity index (χ1v) is 6.17. The van der Waals surface area contributed by atoms with Gasteiger partial charge in [-0.2, -0.15) is 0 Å². The Hall–Kier alpha value is -0.570. The van der Waals surface area contributed by atoms with Crippen molar-refractivity contribution in [1.29, 1.82) is 0 Å². The van der Waals surface area contributed by atoms with E-state index in [1.165, 1.54) is 12.8 Å². The van der Waals surface area contributed by atoms with Gasteiger partial charge in [-0.15, -0.1) is 0 Å². The largest absolute Gasteiger partial charge is 0.368 e. The van der Waals surface area contributed by atoms with Gasteiger partial charge in [-0.05, 0) is 37.6 Å². The number of nitrogens with one attached hydrogen (secondary N) is 1. The first-order chi connectivity index (χ1) is 7.15. The van der Waals surface area contributed by atoms with Gasteiger partial charge in [-0.1, -0.05) is 26.7 Å². The fourth-order valence-electron chi connectivity index (χ4n) is 2.42. The van der Waals surface area contributed by atoms with Gasteiger partial charge in [0.2, 0.25) is 5.91 Å². The monoisotopic (exact) mass is 212 g/mol. The van der Waals surface area contributed by atoms with E-state index in [2.05, 4.69) is 19.2 Å². The van der Waals surface area contributed by atoms with E-state index in [4.69, 9.17) is 5.73 Å². The Morgan fingerprint density at radius 2 is 2.00 bits per heavy atom. The lowest BCUT2D eigenvalue weighted by Crippen LogP contribution is -2.47. The number of amides is 1. The van der Waals surface area contributed by atoms with Gasteiger partial charge < -0.3 is 11.1 Å². The summed E-state index contributed by atoms with van der Waals surface area (Å²) >= 11 is 0. The molecule has 1 rings (SSSR count). The number of carbonyl (C=O) groups excluding carboxylic acids is 1. The SMILES string of the molecule is CCCNC(C(N)=O)C1CCC(C)CC1. The summed E-state index contributed by atoms with van der Waals surface area (Å²) < 4.78 is 0. The van der Waals surface area contributed by atoms with Gasteiger partial charge in [0.15, 0.2) is 0 Å². The maximum absolute atomic E-state index is 11.3. The lowest BCUT2D eigenvalue weighted by atomic mass is 9.79. The van der Waals surface area contributed by atoms with Gasteiger partial charge in [-0.25, -0.2) is 0 Å². The molecule has 0 aliphatic heterocycles. The molecule has 1 aliphatic rings. The van der Waals surface area contributed by atoms with Crippen LogP contribution in [0.4, 0.5) is 0 Å². The molecule has 0 aromatic carbocycles. The van der Waals surface area contributed by atoms with E-state index in [0.717, 1.165) is 31.7 Å². The van der Waals surface area contributed by atoms with Gasteiger partial charge >= 0.3 is 0 Å². The topological polar surface area (TPSA) is 55.1 Å². The Morgan fingerprint density at radius 3 is 2.47 bits per heavy atom. The van der Waals surface area contributed by atoms with Gasteiger partial charge in [-0.3, -0.25) is 4.79 Å². The third-order valence-corrected chi connectivity index (χ3v) is 3.45. The van der Waals surface area contributed by atoms with Crippen LogP contribution in [0.25, 0.3) is 0 Å². The highest BCUT2D eigenvalue weighted by molar-refractivity contribution is 5.80. The molecule has 1 unspecified atom stereocenters. The lowest BCUT2D eigenvalue weighted by Gasteiger charge is -2.31. The van der Waals surface area contributed by atoms with Crippen LogP contribution in [-0.4, -0.2) is 18.5 Å². The molecule has 0 heterocycles. The Balaban J connectivity index is 2.44. The fourth-order valence-corrected chi connectivity index (χ4v) is 2.42. The molecule has 1 aliphatic carbocycles. The predicted octanol–water partition coefficient (Wildman–Crippen LogP) is 1.67. The van der Waals surface area contributed by atoms with Crippen LogP contribution < -0.4 is 11.1 Å². The van der Waals surface area contributed by atoms with E-state index in [1.54, 1.807) is 0 Å². The van der Waals surface area contributed by atoms with Gasteiger partial charge in [0.05, 0.1) is 6.04 Å². The quantitative estimate of drug-likeness (QED) is 0.728. The number of carbonyl (C=O) groups is 1. The Kier molecular flexibility index (Phi) is 5.09. The molecule has 1 fully saturated rings. The van der Waals surface area contributed by atoms with E-state index < -0.39 is 0 Å². The van der Waals surface area contributed by atoms with Crippen molar-refractivity contribution in [3.8, 4) is 0 Å². The minimum absolute atomic E-state index is 0.0996. The van der Waals surface area contributed by atoms with Gasteiger partial charge in [0.1, 0.15) is 0 Å². The van der Waals surface area contributed by atoms with Gasteiger partial charge in [0, 0.05) is 0 Å². The molecule has 88 valence electrons. The maximum Gasteiger partial charge on any atom is 0.234 e. The first-order valence-electron chi connectivity index (χ1n) is 6.17. The van der Waals surface area contributed by atoms with Gasteiger partial charge in [0.25, 0.3) is 0 Å². The molecule has 3 N–H and O–H groups in total. The van der Waals surface area contributed by atoms with E-state index in [9.17, 15) is 4.79 Å². The highest BCUT2D eigenvalue weighted by Crippen LogP contribution is 2.30.